The zero-order chi connectivity index (χ0) is 19.8. The van der Waals surface area contributed by atoms with Crippen molar-refractivity contribution in [2.24, 2.45) is 0 Å². The molecule has 0 spiro atoms. The molecule has 2 aromatic rings. The molecule has 0 saturated heterocycles. The van der Waals surface area contributed by atoms with Crippen LogP contribution in [-0.2, 0) is 11.2 Å². The van der Waals surface area contributed by atoms with Crippen molar-refractivity contribution in [2.45, 2.75) is 24.9 Å². The first-order valence-corrected chi connectivity index (χ1v) is 9.13. The molecule has 1 aromatic carbocycles. The van der Waals surface area contributed by atoms with E-state index in [0.29, 0.717) is 22.3 Å². The number of aliphatic carboxylic acids is 1. The smallest absolute Gasteiger partial charge is 0.213 e. The number of aryl methyl sites for hydroxylation is 1. The Hall–Kier alpha value is -2.63. The van der Waals surface area contributed by atoms with E-state index in [9.17, 15) is 9.90 Å². The van der Waals surface area contributed by atoms with Crippen molar-refractivity contribution in [1.82, 2.24) is 15.2 Å². The van der Waals surface area contributed by atoms with Gasteiger partial charge in [0.05, 0.1) is 18.1 Å². The Morgan fingerprint density at radius 3 is 2.93 bits per heavy atom. The van der Waals surface area contributed by atoms with E-state index in [1.54, 1.807) is 12.1 Å². The number of carbonyl (C=O) groups excluding carboxylic acids is 1. The number of hydrogen-bond acceptors (Lipinski definition) is 7. The molecule has 27 heavy (non-hydrogen) atoms. The number of terminal acetylenes is 1. The number of methoxy groups -OCH3 is 1. The van der Waals surface area contributed by atoms with E-state index in [1.165, 1.54) is 13.2 Å². The number of H-pyrrole nitrogens is 1. The molecule has 7 nitrogen and oxygen atoms in total. The van der Waals surface area contributed by atoms with Gasteiger partial charge in [-0.05, 0) is 42.0 Å². The molecule has 2 rings (SSSR count). The summed E-state index contributed by atoms with van der Waals surface area (Å²) in [6, 6.07) is 3.13. The fourth-order valence-electron chi connectivity index (χ4n) is 2.13. The van der Waals surface area contributed by atoms with Gasteiger partial charge < -0.3 is 19.4 Å². The number of nitrogens with one attached hydrogen (secondary N) is 1. The van der Waals surface area contributed by atoms with E-state index in [2.05, 4.69) is 21.1 Å². The maximum atomic E-state index is 11.5. The number of benzene rings is 1. The van der Waals surface area contributed by atoms with Crippen molar-refractivity contribution in [3.8, 4) is 23.8 Å². The average Bonchev–Trinajstić information content (AvgIpc) is 3.07. The predicted octanol–water partition coefficient (Wildman–Crippen LogP) is 2.31. The second-order valence-electron chi connectivity index (χ2n) is 5.24. The van der Waals surface area contributed by atoms with Crippen LogP contribution in [0.4, 0.5) is 0 Å². The van der Waals surface area contributed by atoms with Gasteiger partial charge in [0.15, 0.2) is 11.5 Å². The molecule has 0 aliphatic heterocycles. The highest BCUT2D eigenvalue weighted by Crippen LogP contribution is 2.37. The fraction of sp³-hybridized carbons (Fsp3) is 0.278. The van der Waals surface area contributed by atoms with Crippen LogP contribution in [0.2, 0.25) is 5.02 Å². The Morgan fingerprint density at radius 1 is 1.52 bits per heavy atom. The number of ether oxygens (including phenoxy) is 2. The van der Waals surface area contributed by atoms with Gasteiger partial charge in [0.25, 0.3) is 0 Å². The first-order chi connectivity index (χ1) is 13.0. The third kappa shape index (κ3) is 5.67. The maximum Gasteiger partial charge on any atom is 0.213 e. The largest absolute Gasteiger partial charge is 0.544 e. The number of nitrogens with zero attached hydrogens (tertiary/aromatic N) is 2. The van der Waals surface area contributed by atoms with Crippen LogP contribution in [0.5, 0.6) is 11.5 Å². The minimum atomic E-state index is -1.36. The molecule has 0 amide bonds. The Balaban J connectivity index is 2.32. The first kappa shape index (κ1) is 20.7. The quantitative estimate of drug-likeness (QED) is 0.387. The summed E-state index contributed by atoms with van der Waals surface area (Å²) >= 11 is 7.09. The Labute approximate surface area is 166 Å². The number of hydrogen-bond donors (Lipinski definition) is 1. The molecule has 0 atom stereocenters. The summed E-state index contributed by atoms with van der Waals surface area (Å²) in [6.07, 6.45) is 8.20. The molecule has 1 N–H and O–H groups in total. The molecule has 0 bridgehead atoms. The number of carboxylic acids is 1. The molecular weight excluding hydrogens is 390 g/mol. The molecule has 142 valence electrons. The highest BCUT2D eigenvalue weighted by Gasteiger charge is 2.13. The Morgan fingerprint density at radius 2 is 2.30 bits per heavy atom. The van der Waals surface area contributed by atoms with Gasteiger partial charge in [0.1, 0.15) is 12.4 Å². The van der Waals surface area contributed by atoms with E-state index in [1.807, 2.05) is 6.92 Å². The van der Waals surface area contributed by atoms with Gasteiger partial charge in [-0.2, -0.15) is 0 Å². The van der Waals surface area contributed by atoms with Crippen molar-refractivity contribution < 1.29 is 19.4 Å². The van der Waals surface area contributed by atoms with Crippen LogP contribution in [0.3, 0.4) is 0 Å². The second-order valence-corrected chi connectivity index (χ2v) is 6.66. The van der Waals surface area contributed by atoms with E-state index in [-0.39, 0.29) is 22.3 Å². The van der Waals surface area contributed by atoms with Gasteiger partial charge >= 0.3 is 0 Å². The first-order valence-electron chi connectivity index (χ1n) is 7.94. The fourth-order valence-corrected chi connectivity index (χ4v) is 3.12. The predicted molar refractivity (Wildman–Crippen MR) is 102 cm³/mol. The average molecular weight is 407 g/mol. The molecule has 0 aliphatic rings. The number of halogens is 1. The lowest BCUT2D eigenvalue weighted by atomic mass is 10.2. The number of aromatic nitrogens is 3. The number of carbonyl (C=O) groups is 1. The van der Waals surface area contributed by atoms with Crippen molar-refractivity contribution in [1.29, 1.82) is 0 Å². The topological polar surface area (TPSA) is 100 Å². The molecule has 0 fully saturated rings. The molecule has 0 radical (unpaired) electrons. The number of carboxylic acid groups (broad SMARTS) is 1. The van der Waals surface area contributed by atoms with E-state index in [4.69, 9.17) is 27.5 Å². The second kappa shape index (κ2) is 9.90. The summed E-state index contributed by atoms with van der Waals surface area (Å²) in [4.78, 5) is 15.7. The van der Waals surface area contributed by atoms with Crippen LogP contribution >= 0.6 is 23.4 Å². The highest BCUT2D eigenvalue weighted by atomic mass is 35.5. The minimum Gasteiger partial charge on any atom is -0.544 e. The zero-order valence-corrected chi connectivity index (χ0v) is 16.3. The van der Waals surface area contributed by atoms with Gasteiger partial charge in [-0.1, -0.05) is 24.4 Å². The monoisotopic (exact) mass is 406 g/mol. The lowest BCUT2D eigenvalue weighted by Crippen LogP contribution is -2.23. The molecule has 1 aromatic heterocycles. The number of thioether (sulfide) groups is 1. The number of rotatable bonds is 9. The summed E-state index contributed by atoms with van der Waals surface area (Å²) in [5, 5.41) is 18.8. The van der Waals surface area contributed by atoms with Crippen LogP contribution in [0.25, 0.3) is 6.08 Å². The summed E-state index contributed by atoms with van der Waals surface area (Å²) in [6.45, 7) is 2.03. The Kier molecular flexibility index (Phi) is 7.58. The zero-order valence-electron chi connectivity index (χ0n) is 14.7. The van der Waals surface area contributed by atoms with Gasteiger partial charge in [-0.25, -0.2) is 4.98 Å². The lowest BCUT2D eigenvalue weighted by molar-refractivity contribution is -0.297. The molecule has 0 saturated carbocycles. The Bertz CT molecular complexity index is 889. The number of aromatic amines is 1. The van der Waals surface area contributed by atoms with Crippen LogP contribution in [0.1, 0.15) is 24.7 Å². The van der Waals surface area contributed by atoms with Crippen molar-refractivity contribution in [3.63, 3.8) is 0 Å². The molecular formula is C18H17ClN3O4S-. The van der Waals surface area contributed by atoms with Crippen LogP contribution in [0.15, 0.2) is 22.2 Å². The molecule has 0 aliphatic carbocycles. The third-order valence-electron chi connectivity index (χ3n) is 3.25. The third-order valence-corrected chi connectivity index (χ3v) is 4.40. The highest BCUT2D eigenvalue weighted by molar-refractivity contribution is 8.04. The van der Waals surface area contributed by atoms with Gasteiger partial charge in [0, 0.05) is 11.3 Å². The normalized spacial score (nSPS) is 11.1. The van der Waals surface area contributed by atoms with Crippen LogP contribution < -0.4 is 14.6 Å². The lowest BCUT2D eigenvalue weighted by Gasteiger charge is -2.12. The van der Waals surface area contributed by atoms with E-state index >= 15 is 0 Å². The maximum absolute atomic E-state index is 11.5. The minimum absolute atomic E-state index is 0.0241. The molecule has 0 unspecified atom stereocenters. The summed E-state index contributed by atoms with van der Waals surface area (Å²) < 4.78 is 10.6. The van der Waals surface area contributed by atoms with Crippen molar-refractivity contribution in [3.05, 3.63) is 33.4 Å². The van der Waals surface area contributed by atoms with E-state index < -0.39 is 5.97 Å². The van der Waals surface area contributed by atoms with Gasteiger partial charge in [-0.15, -0.1) is 11.5 Å². The van der Waals surface area contributed by atoms with Gasteiger partial charge in [0.2, 0.25) is 5.16 Å². The van der Waals surface area contributed by atoms with Crippen LogP contribution in [-0.4, -0.2) is 34.9 Å². The van der Waals surface area contributed by atoms with Crippen molar-refractivity contribution >= 4 is 35.4 Å². The van der Waals surface area contributed by atoms with E-state index in [0.717, 1.165) is 24.6 Å². The standard InChI is InChI=1S/C18H18ClN3O4S/c1-4-6-15-20-18(22-21-15)27-14(17(23)24)10-11-8-12(19)16(26-7-5-2)13(9-11)25-3/h2,8-10H,4,6-7H2,1,3H3,(H,23,24)(H,20,21,22)/p-1/b14-10+. The summed E-state index contributed by atoms with van der Waals surface area (Å²) in [5.74, 6) is 2.29. The summed E-state index contributed by atoms with van der Waals surface area (Å²) in [5.41, 5.74) is 0.487. The van der Waals surface area contributed by atoms with Crippen molar-refractivity contribution in [2.75, 3.05) is 13.7 Å². The SMILES string of the molecule is C#CCOc1c(Cl)cc(/C=C(/Sc2n[nH]c(CCC)n2)C(=O)[O-])cc1OC. The molecule has 9 heteroatoms. The summed E-state index contributed by atoms with van der Waals surface area (Å²) in [7, 11) is 1.44. The van der Waals surface area contributed by atoms with Gasteiger partial charge in [-0.3, -0.25) is 5.10 Å². The molecule has 1 heterocycles. The van der Waals surface area contributed by atoms with Crippen LogP contribution in [0, 0.1) is 12.3 Å².